The first-order valence-corrected chi connectivity index (χ1v) is 11.3. The maximum Gasteiger partial charge on any atom is 0.289 e. The zero-order chi connectivity index (χ0) is 20.1. The minimum Gasteiger partial charge on any atom is -0.459 e. The molecule has 0 spiro atoms. The van der Waals surface area contributed by atoms with E-state index in [1.807, 2.05) is 16.2 Å². The van der Waals surface area contributed by atoms with Gasteiger partial charge in [0.25, 0.3) is 5.91 Å². The number of rotatable bonds is 5. The molecule has 0 saturated carbocycles. The lowest BCUT2D eigenvalue weighted by Gasteiger charge is -2.36. The first-order chi connectivity index (χ1) is 14.2. The monoisotopic (exact) mass is 415 g/mol. The third-order valence-corrected chi connectivity index (χ3v) is 6.52. The lowest BCUT2D eigenvalue weighted by atomic mass is 10.1. The first-order valence-electron chi connectivity index (χ1n) is 10.4. The first kappa shape index (κ1) is 20.0. The number of furan rings is 1. The van der Waals surface area contributed by atoms with Gasteiger partial charge in [-0.05, 0) is 42.5 Å². The van der Waals surface area contributed by atoms with Crippen molar-refractivity contribution in [2.75, 3.05) is 52.4 Å². The van der Waals surface area contributed by atoms with E-state index in [1.165, 1.54) is 5.56 Å². The van der Waals surface area contributed by atoms with Crippen molar-refractivity contribution in [1.82, 2.24) is 20.0 Å². The Morgan fingerprint density at radius 2 is 2.03 bits per heavy atom. The highest BCUT2D eigenvalue weighted by molar-refractivity contribution is 7.10. The van der Waals surface area contributed by atoms with E-state index < -0.39 is 0 Å². The summed E-state index contributed by atoms with van der Waals surface area (Å²) in [5.41, 5.74) is 1.48. The summed E-state index contributed by atoms with van der Waals surface area (Å²) in [7, 11) is 0. The summed E-state index contributed by atoms with van der Waals surface area (Å²) >= 11 is 1.88. The highest BCUT2D eigenvalue weighted by Crippen LogP contribution is 2.23. The molecule has 2 aliphatic rings. The van der Waals surface area contributed by atoms with Gasteiger partial charge in [0.1, 0.15) is 0 Å². The predicted molar refractivity (Wildman–Crippen MR) is 115 cm³/mol. The van der Waals surface area contributed by atoms with E-state index in [-0.39, 0.29) is 5.91 Å². The summed E-state index contributed by atoms with van der Waals surface area (Å²) in [5, 5.41) is 5.61. The molecule has 8 heteroatoms. The van der Waals surface area contributed by atoms with E-state index in [9.17, 15) is 4.79 Å². The van der Waals surface area contributed by atoms with Crippen LogP contribution in [0.1, 0.15) is 27.9 Å². The average Bonchev–Trinajstić information content (AvgIpc) is 3.44. The Bertz CT molecular complexity index is 824. The number of nitrogens with zero attached hydrogens (tertiary/aromatic N) is 4. The number of thiophene rings is 1. The van der Waals surface area contributed by atoms with Crippen LogP contribution < -0.4 is 5.32 Å². The maximum atomic E-state index is 12.4. The molecule has 4 heterocycles. The summed E-state index contributed by atoms with van der Waals surface area (Å²) in [6, 6.07) is 5.73. The van der Waals surface area contributed by atoms with Crippen LogP contribution in [0.5, 0.6) is 0 Å². The Hall–Kier alpha value is -2.32. The highest BCUT2D eigenvalue weighted by Gasteiger charge is 2.25. The standard InChI is InChI=1S/C21H29N5O2S/c1-2-22-21(23-7-9-24-8-5-19-17(16-24)6-15-29-19)26-12-10-25(11-13-26)20(27)18-4-3-14-28-18/h3-4,6,14-15H,2,5,7-13,16H2,1H3,(H,22,23). The van der Waals surface area contributed by atoms with Crippen LogP contribution >= 0.6 is 11.3 Å². The zero-order valence-electron chi connectivity index (χ0n) is 17.0. The van der Waals surface area contributed by atoms with Gasteiger partial charge in [0.05, 0.1) is 12.8 Å². The van der Waals surface area contributed by atoms with Crippen molar-refractivity contribution < 1.29 is 9.21 Å². The van der Waals surface area contributed by atoms with Gasteiger partial charge in [-0.2, -0.15) is 0 Å². The Balaban J connectivity index is 1.28. The second kappa shape index (κ2) is 9.45. The summed E-state index contributed by atoms with van der Waals surface area (Å²) in [4.78, 5) is 25.4. The predicted octanol–water partition coefficient (Wildman–Crippen LogP) is 2.12. The molecule has 7 nitrogen and oxygen atoms in total. The quantitative estimate of drug-likeness (QED) is 0.599. The number of aliphatic imine (C=N–C) groups is 1. The van der Waals surface area contributed by atoms with Crippen LogP contribution in [0, 0.1) is 0 Å². The van der Waals surface area contributed by atoms with Gasteiger partial charge in [0.2, 0.25) is 0 Å². The molecule has 4 rings (SSSR count). The summed E-state index contributed by atoms with van der Waals surface area (Å²) in [5.74, 6) is 1.33. The number of hydrogen-bond donors (Lipinski definition) is 1. The average molecular weight is 416 g/mol. The molecule has 2 aliphatic heterocycles. The third-order valence-electron chi connectivity index (χ3n) is 5.50. The molecule has 1 fully saturated rings. The lowest BCUT2D eigenvalue weighted by Crippen LogP contribution is -2.53. The van der Waals surface area contributed by atoms with Crippen molar-refractivity contribution in [3.8, 4) is 0 Å². The van der Waals surface area contributed by atoms with Crippen molar-refractivity contribution in [3.63, 3.8) is 0 Å². The third kappa shape index (κ3) is 4.82. The zero-order valence-corrected chi connectivity index (χ0v) is 17.8. The van der Waals surface area contributed by atoms with Crippen molar-refractivity contribution in [1.29, 1.82) is 0 Å². The minimum absolute atomic E-state index is 0.0329. The van der Waals surface area contributed by atoms with E-state index in [4.69, 9.17) is 9.41 Å². The van der Waals surface area contributed by atoms with Gasteiger partial charge in [-0.1, -0.05) is 0 Å². The largest absolute Gasteiger partial charge is 0.459 e. The van der Waals surface area contributed by atoms with E-state index in [1.54, 1.807) is 23.3 Å². The van der Waals surface area contributed by atoms with Crippen molar-refractivity contribution in [3.05, 3.63) is 46.0 Å². The van der Waals surface area contributed by atoms with Crippen LogP contribution in [0.4, 0.5) is 0 Å². The van der Waals surface area contributed by atoms with Gasteiger partial charge in [-0.3, -0.25) is 14.7 Å². The van der Waals surface area contributed by atoms with Crippen LogP contribution in [-0.4, -0.2) is 78.9 Å². The number of carbonyl (C=O) groups is 1. The number of fused-ring (bicyclic) bond motifs is 1. The molecule has 0 unspecified atom stereocenters. The molecule has 29 heavy (non-hydrogen) atoms. The molecule has 2 aromatic heterocycles. The Morgan fingerprint density at radius 1 is 1.21 bits per heavy atom. The number of nitrogens with one attached hydrogen (secondary N) is 1. The van der Waals surface area contributed by atoms with E-state index in [0.29, 0.717) is 18.8 Å². The second-order valence-corrected chi connectivity index (χ2v) is 8.39. The van der Waals surface area contributed by atoms with Crippen LogP contribution in [0.25, 0.3) is 0 Å². The smallest absolute Gasteiger partial charge is 0.289 e. The Labute approximate surface area is 176 Å². The second-order valence-electron chi connectivity index (χ2n) is 7.39. The molecule has 0 bridgehead atoms. The van der Waals surface area contributed by atoms with Gasteiger partial charge < -0.3 is 19.5 Å². The minimum atomic E-state index is -0.0329. The van der Waals surface area contributed by atoms with E-state index in [2.05, 4.69) is 33.5 Å². The van der Waals surface area contributed by atoms with Crippen molar-refractivity contribution >= 4 is 23.2 Å². The SMILES string of the molecule is CCNC(=NCCN1CCc2sccc2C1)N1CCN(C(=O)c2ccco2)CC1. The fourth-order valence-electron chi connectivity index (χ4n) is 3.90. The van der Waals surface area contributed by atoms with Crippen molar-refractivity contribution in [2.45, 2.75) is 19.9 Å². The molecule has 156 valence electrons. The number of carbonyl (C=O) groups excluding carboxylic acids is 1. The van der Waals surface area contributed by atoms with Gasteiger partial charge in [0, 0.05) is 57.2 Å². The molecule has 0 aromatic carbocycles. The van der Waals surface area contributed by atoms with E-state index >= 15 is 0 Å². The fraction of sp³-hybridized carbons (Fsp3) is 0.524. The highest BCUT2D eigenvalue weighted by atomic mass is 32.1. The van der Waals surface area contributed by atoms with Crippen molar-refractivity contribution in [2.24, 2.45) is 4.99 Å². The normalized spacial score (nSPS) is 18.0. The fourth-order valence-corrected chi connectivity index (χ4v) is 4.79. The number of hydrogen-bond acceptors (Lipinski definition) is 5. The number of piperazine rings is 1. The molecule has 0 atom stereocenters. The molecule has 1 saturated heterocycles. The van der Waals surface area contributed by atoms with Gasteiger partial charge in [0.15, 0.2) is 11.7 Å². The summed E-state index contributed by atoms with van der Waals surface area (Å²) < 4.78 is 5.24. The van der Waals surface area contributed by atoms with Gasteiger partial charge in [-0.15, -0.1) is 11.3 Å². The lowest BCUT2D eigenvalue weighted by molar-refractivity contribution is 0.0657. The molecule has 0 aliphatic carbocycles. The molecular weight excluding hydrogens is 386 g/mol. The Morgan fingerprint density at radius 3 is 2.79 bits per heavy atom. The molecular formula is C21H29N5O2S. The summed E-state index contributed by atoms with van der Waals surface area (Å²) in [6.45, 7) is 9.76. The maximum absolute atomic E-state index is 12.4. The van der Waals surface area contributed by atoms with Crippen LogP contribution in [-0.2, 0) is 13.0 Å². The number of amides is 1. The number of guanidine groups is 1. The van der Waals surface area contributed by atoms with Crippen LogP contribution in [0.2, 0.25) is 0 Å². The molecule has 1 amide bonds. The molecule has 2 aromatic rings. The van der Waals surface area contributed by atoms with Crippen LogP contribution in [0.15, 0.2) is 39.3 Å². The Kier molecular flexibility index (Phi) is 6.51. The summed E-state index contributed by atoms with van der Waals surface area (Å²) in [6.07, 6.45) is 2.70. The van der Waals surface area contributed by atoms with E-state index in [0.717, 1.165) is 58.2 Å². The van der Waals surface area contributed by atoms with Gasteiger partial charge in [-0.25, -0.2) is 0 Å². The topological polar surface area (TPSA) is 64.3 Å². The van der Waals surface area contributed by atoms with Crippen LogP contribution in [0.3, 0.4) is 0 Å². The van der Waals surface area contributed by atoms with Gasteiger partial charge >= 0.3 is 0 Å². The molecule has 0 radical (unpaired) electrons. The molecule has 1 N–H and O–H groups in total.